The lowest BCUT2D eigenvalue weighted by atomic mass is 9.83. The van der Waals surface area contributed by atoms with Gasteiger partial charge in [-0.1, -0.05) is 13.8 Å². The molecule has 0 aliphatic carbocycles. The van der Waals surface area contributed by atoms with Crippen LogP contribution in [-0.2, 0) is 9.53 Å². The smallest absolute Gasteiger partial charge is 0.408 e. The lowest BCUT2D eigenvalue weighted by Crippen LogP contribution is -2.56. The van der Waals surface area contributed by atoms with Crippen LogP contribution in [0.15, 0.2) is 0 Å². The molecular formula is C13H24N2O3. The summed E-state index contributed by atoms with van der Waals surface area (Å²) in [7, 11) is 0. The van der Waals surface area contributed by atoms with Gasteiger partial charge in [0.2, 0.25) is 5.91 Å². The second-order valence-corrected chi connectivity index (χ2v) is 6.11. The van der Waals surface area contributed by atoms with E-state index in [0.29, 0.717) is 12.5 Å². The monoisotopic (exact) mass is 256 g/mol. The van der Waals surface area contributed by atoms with Gasteiger partial charge in [0.15, 0.2) is 0 Å². The fourth-order valence-corrected chi connectivity index (χ4v) is 2.16. The van der Waals surface area contributed by atoms with Gasteiger partial charge in [-0.25, -0.2) is 4.79 Å². The number of carbonyl (C=O) groups is 2. The Balaban J connectivity index is 2.66. The molecule has 1 aliphatic heterocycles. The Kier molecular flexibility index (Phi) is 4.59. The number of carbonyl (C=O) groups excluding carboxylic acids is 2. The van der Waals surface area contributed by atoms with E-state index in [1.165, 1.54) is 0 Å². The van der Waals surface area contributed by atoms with E-state index in [2.05, 4.69) is 24.5 Å². The van der Waals surface area contributed by atoms with Crippen LogP contribution in [0.2, 0.25) is 0 Å². The quantitative estimate of drug-likeness (QED) is 0.789. The number of hydrogen-bond donors (Lipinski definition) is 2. The molecule has 18 heavy (non-hydrogen) atoms. The van der Waals surface area contributed by atoms with E-state index >= 15 is 0 Å². The molecule has 0 saturated carbocycles. The fraction of sp³-hybridized carbons (Fsp3) is 0.846. The molecule has 2 N–H and O–H groups in total. The summed E-state index contributed by atoms with van der Waals surface area (Å²) in [5.74, 6) is 0.382. The average molecular weight is 256 g/mol. The fourth-order valence-electron chi connectivity index (χ4n) is 2.16. The van der Waals surface area contributed by atoms with Crippen LogP contribution < -0.4 is 10.6 Å². The van der Waals surface area contributed by atoms with Crippen LogP contribution in [-0.4, -0.2) is 30.2 Å². The molecule has 104 valence electrons. The van der Waals surface area contributed by atoms with Crippen molar-refractivity contribution in [2.75, 3.05) is 6.54 Å². The highest BCUT2D eigenvalue weighted by Crippen LogP contribution is 2.22. The number of hydrogen-bond acceptors (Lipinski definition) is 3. The number of amides is 2. The first-order valence-corrected chi connectivity index (χ1v) is 6.48. The molecule has 1 aliphatic rings. The molecular weight excluding hydrogens is 232 g/mol. The first-order valence-electron chi connectivity index (χ1n) is 6.48. The zero-order valence-corrected chi connectivity index (χ0v) is 11.9. The number of alkyl carbamates (subject to hydrolysis) is 1. The maximum absolute atomic E-state index is 11.8. The first-order chi connectivity index (χ1) is 8.20. The Morgan fingerprint density at radius 2 is 2.06 bits per heavy atom. The third-order valence-corrected chi connectivity index (χ3v) is 3.02. The largest absolute Gasteiger partial charge is 0.444 e. The van der Waals surface area contributed by atoms with Crippen LogP contribution in [0.3, 0.4) is 0 Å². The lowest BCUT2D eigenvalue weighted by Gasteiger charge is -2.34. The van der Waals surface area contributed by atoms with Crippen molar-refractivity contribution < 1.29 is 14.3 Å². The highest BCUT2D eigenvalue weighted by atomic mass is 16.6. The van der Waals surface area contributed by atoms with Gasteiger partial charge in [0.25, 0.3) is 0 Å². The normalized spacial score (nSPS) is 24.7. The van der Waals surface area contributed by atoms with E-state index in [-0.39, 0.29) is 11.8 Å². The minimum Gasteiger partial charge on any atom is -0.444 e. The molecule has 1 rings (SSSR count). The number of piperidine rings is 1. The van der Waals surface area contributed by atoms with Gasteiger partial charge in [0.05, 0.1) is 0 Å². The third-order valence-electron chi connectivity index (χ3n) is 3.02. The standard InChI is InChI=1S/C13H24N2O3/c1-8(2)9-6-7-14-11(16)10(9)15-12(17)18-13(3,4)5/h8-10H,6-7H2,1-5H3,(H,14,16)(H,15,17)/t9-,10-/m1/s1. The van der Waals surface area contributed by atoms with E-state index in [4.69, 9.17) is 4.74 Å². The van der Waals surface area contributed by atoms with Gasteiger partial charge in [-0.15, -0.1) is 0 Å². The van der Waals surface area contributed by atoms with Crippen LogP contribution >= 0.6 is 0 Å². The van der Waals surface area contributed by atoms with Gasteiger partial charge < -0.3 is 15.4 Å². The van der Waals surface area contributed by atoms with Crippen molar-refractivity contribution in [3.8, 4) is 0 Å². The molecule has 0 unspecified atom stereocenters. The predicted molar refractivity (Wildman–Crippen MR) is 69.1 cm³/mol. The third kappa shape index (κ3) is 4.20. The number of rotatable bonds is 2. The molecule has 5 nitrogen and oxygen atoms in total. The van der Waals surface area contributed by atoms with Gasteiger partial charge >= 0.3 is 6.09 Å². The van der Waals surface area contributed by atoms with Crippen molar-refractivity contribution in [1.82, 2.24) is 10.6 Å². The molecule has 0 bridgehead atoms. The van der Waals surface area contributed by atoms with Crippen LogP contribution in [0.1, 0.15) is 41.0 Å². The molecule has 5 heteroatoms. The molecule has 2 atom stereocenters. The minimum atomic E-state index is -0.553. The van der Waals surface area contributed by atoms with Crippen molar-refractivity contribution in [3.63, 3.8) is 0 Å². The van der Waals surface area contributed by atoms with Crippen LogP contribution in [0.4, 0.5) is 4.79 Å². The Labute approximate surface area is 109 Å². The summed E-state index contributed by atoms with van der Waals surface area (Å²) < 4.78 is 5.19. The average Bonchev–Trinajstić information content (AvgIpc) is 2.17. The Morgan fingerprint density at radius 1 is 1.44 bits per heavy atom. The van der Waals surface area contributed by atoms with Crippen molar-refractivity contribution in [2.24, 2.45) is 11.8 Å². The predicted octanol–water partition coefficient (Wildman–Crippen LogP) is 1.67. The Hall–Kier alpha value is -1.26. The molecule has 0 radical (unpaired) electrons. The second kappa shape index (κ2) is 5.59. The molecule has 2 amide bonds. The SMILES string of the molecule is CC(C)[C@H]1CCNC(=O)[C@@H]1NC(=O)OC(C)(C)C. The van der Waals surface area contributed by atoms with Crippen LogP contribution in [0, 0.1) is 11.8 Å². The molecule has 0 aromatic rings. The van der Waals surface area contributed by atoms with Crippen molar-refractivity contribution in [2.45, 2.75) is 52.7 Å². The minimum absolute atomic E-state index is 0.120. The van der Waals surface area contributed by atoms with Gasteiger partial charge in [-0.2, -0.15) is 0 Å². The van der Waals surface area contributed by atoms with Gasteiger partial charge in [-0.05, 0) is 39.0 Å². The maximum Gasteiger partial charge on any atom is 0.408 e. The van der Waals surface area contributed by atoms with Crippen molar-refractivity contribution in [3.05, 3.63) is 0 Å². The lowest BCUT2D eigenvalue weighted by molar-refractivity contribution is -0.126. The van der Waals surface area contributed by atoms with Crippen LogP contribution in [0.25, 0.3) is 0 Å². The van der Waals surface area contributed by atoms with Gasteiger partial charge in [-0.3, -0.25) is 4.79 Å². The summed E-state index contributed by atoms with van der Waals surface area (Å²) in [5.41, 5.74) is -0.553. The molecule has 0 aromatic carbocycles. The zero-order chi connectivity index (χ0) is 13.9. The summed E-state index contributed by atoms with van der Waals surface area (Å²) >= 11 is 0. The molecule has 1 saturated heterocycles. The summed E-state index contributed by atoms with van der Waals surface area (Å²) in [4.78, 5) is 23.6. The van der Waals surface area contributed by atoms with E-state index < -0.39 is 17.7 Å². The summed E-state index contributed by atoms with van der Waals surface area (Å²) in [6.45, 7) is 10.2. The maximum atomic E-state index is 11.8. The van der Waals surface area contributed by atoms with Crippen molar-refractivity contribution in [1.29, 1.82) is 0 Å². The highest BCUT2D eigenvalue weighted by Gasteiger charge is 2.35. The summed E-state index contributed by atoms with van der Waals surface area (Å²) in [6.07, 6.45) is 0.347. The molecule has 1 fully saturated rings. The topological polar surface area (TPSA) is 67.4 Å². The Bertz CT molecular complexity index is 321. The highest BCUT2D eigenvalue weighted by molar-refractivity contribution is 5.86. The number of nitrogens with one attached hydrogen (secondary N) is 2. The molecule has 1 heterocycles. The zero-order valence-electron chi connectivity index (χ0n) is 11.9. The Morgan fingerprint density at radius 3 is 2.56 bits per heavy atom. The second-order valence-electron chi connectivity index (χ2n) is 6.11. The van der Waals surface area contributed by atoms with E-state index in [1.807, 2.05) is 0 Å². The van der Waals surface area contributed by atoms with Gasteiger partial charge in [0, 0.05) is 6.54 Å². The summed E-state index contributed by atoms with van der Waals surface area (Å²) in [5, 5.41) is 5.46. The van der Waals surface area contributed by atoms with E-state index in [1.54, 1.807) is 20.8 Å². The first kappa shape index (κ1) is 14.8. The summed E-state index contributed by atoms with van der Waals surface area (Å²) in [6, 6.07) is -0.492. The molecule has 0 aromatic heterocycles. The number of ether oxygens (including phenoxy) is 1. The van der Waals surface area contributed by atoms with Gasteiger partial charge in [0.1, 0.15) is 11.6 Å². The van der Waals surface area contributed by atoms with E-state index in [9.17, 15) is 9.59 Å². The molecule has 0 spiro atoms. The van der Waals surface area contributed by atoms with Crippen LogP contribution in [0.5, 0.6) is 0 Å². The van der Waals surface area contributed by atoms with E-state index in [0.717, 1.165) is 6.42 Å². The van der Waals surface area contributed by atoms with Crippen molar-refractivity contribution >= 4 is 12.0 Å².